The molecule has 0 aliphatic heterocycles. The van der Waals surface area contributed by atoms with E-state index in [0.717, 1.165) is 11.1 Å². The molecule has 2 aromatic rings. The van der Waals surface area contributed by atoms with Crippen molar-refractivity contribution in [3.05, 3.63) is 46.9 Å². The summed E-state index contributed by atoms with van der Waals surface area (Å²) in [7, 11) is -3.83. The lowest BCUT2D eigenvalue weighted by atomic mass is 10.1. The van der Waals surface area contributed by atoms with Gasteiger partial charge in [-0.3, -0.25) is 4.79 Å². The lowest BCUT2D eigenvalue weighted by molar-refractivity contribution is 0.102. The van der Waals surface area contributed by atoms with Gasteiger partial charge in [-0.1, -0.05) is 0 Å². The summed E-state index contributed by atoms with van der Waals surface area (Å²) in [6.45, 7) is 5.27. The molecular weight excluding hydrogens is 292 g/mol. The topological polar surface area (TPSA) is 102 Å². The Hall–Kier alpha value is -2.12. The number of furan rings is 1. The molecule has 1 heterocycles. The maximum atomic E-state index is 12.1. The number of nitrogens with one attached hydrogen (secondary N) is 1. The number of benzene rings is 1. The predicted octanol–water partition coefficient (Wildman–Crippen LogP) is 2.10. The van der Waals surface area contributed by atoms with E-state index >= 15 is 0 Å². The third kappa shape index (κ3) is 3.32. The monoisotopic (exact) mass is 308 g/mol. The van der Waals surface area contributed by atoms with E-state index in [1.54, 1.807) is 26.8 Å². The van der Waals surface area contributed by atoms with Gasteiger partial charge in [0.25, 0.3) is 5.91 Å². The fourth-order valence-corrected chi connectivity index (χ4v) is 2.50. The van der Waals surface area contributed by atoms with E-state index in [0.29, 0.717) is 17.0 Å². The third-order valence-electron chi connectivity index (χ3n) is 3.21. The molecule has 7 heteroatoms. The molecule has 0 fully saturated rings. The lowest BCUT2D eigenvalue weighted by Crippen LogP contribution is -2.16. The van der Waals surface area contributed by atoms with Crippen LogP contribution in [0.15, 0.2) is 33.8 Å². The van der Waals surface area contributed by atoms with Crippen LogP contribution in [0.1, 0.15) is 27.2 Å². The Morgan fingerprint density at radius 2 is 1.86 bits per heavy atom. The van der Waals surface area contributed by atoms with Crippen molar-refractivity contribution < 1.29 is 17.6 Å². The molecule has 1 aromatic carbocycles. The highest BCUT2D eigenvalue weighted by molar-refractivity contribution is 7.89. The van der Waals surface area contributed by atoms with E-state index in [1.165, 1.54) is 18.4 Å². The number of rotatable bonds is 3. The zero-order valence-corrected chi connectivity index (χ0v) is 12.7. The van der Waals surface area contributed by atoms with Crippen molar-refractivity contribution in [2.24, 2.45) is 5.14 Å². The second kappa shape index (κ2) is 5.34. The number of hydrogen-bond acceptors (Lipinski definition) is 4. The molecule has 0 spiro atoms. The van der Waals surface area contributed by atoms with Crippen molar-refractivity contribution >= 4 is 21.6 Å². The Bertz CT molecular complexity index is 806. The van der Waals surface area contributed by atoms with Crippen molar-refractivity contribution in [3.8, 4) is 0 Å². The van der Waals surface area contributed by atoms with Gasteiger partial charge in [0.1, 0.15) is 12.0 Å². The Morgan fingerprint density at radius 1 is 1.19 bits per heavy atom. The number of anilines is 1. The van der Waals surface area contributed by atoms with Gasteiger partial charge in [-0.15, -0.1) is 0 Å². The number of hydrogen-bond donors (Lipinski definition) is 2. The van der Waals surface area contributed by atoms with Crippen LogP contribution in [0.2, 0.25) is 0 Å². The van der Waals surface area contributed by atoms with Crippen LogP contribution in [-0.2, 0) is 10.0 Å². The summed E-state index contributed by atoms with van der Waals surface area (Å²) in [5.41, 5.74) is 2.27. The van der Waals surface area contributed by atoms with Crippen LogP contribution in [-0.4, -0.2) is 14.3 Å². The van der Waals surface area contributed by atoms with Crippen LogP contribution in [0, 0.1) is 20.8 Å². The standard InChI is InChI=1S/C14H16N2O4S/c1-8-4-12(21(15,18)19)6-13(10(8)3)16-14(17)11-5-9(2)20-7-11/h4-7H,1-3H3,(H,16,17)(H2,15,18,19). The van der Waals surface area contributed by atoms with Gasteiger partial charge >= 0.3 is 0 Å². The molecule has 3 N–H and O–H groups in total. The molecule has 6 nitrogen and oxygen atoms in total. The second-order valence-corrected chi connectivity index (χ2v) is 6.42. The maximum Gasteiger partial charge on any atom is 0.258 e. The molecule has 0 bridgehead atoms. The number of amides is 1. The minimum atomic E-state index is -3.83. The fourth-order valence-electron chi connectivity index (χ4n) is 1.88. The quantitative estimate of drug-likeness (QED) is 0.906. The van der Waals surface area contributed by atoms with Crippen LogP contribution >= 0.6 is 0 Å². The number of sulfonamides is 1. The van der Waals surface area contributed by atoms with Crippen LogP contribution in [0.4, 0.5) is 5.69 Å². The average molecular weight is 308 g/mol. The van der Waals surface area contributed by atoms with Gasteiger partial charge in [-0.05, 0) is 50.1 Å². The highest BCUT2D eigenvalue weighted by atomic mass is 32.2. The van der Waals surface area contributed by atoms with Gasteiger partial charge < -0.3 is 9.73 Å². The summed E-state index contributed by atoms with van der Waals surface area (Å²) in [5, 5.41) is 7.81. The third-order valence-corrected chi connectivity index (χ3v) is 4.10. The molecule has 2 rings (SSSR count). The number of nitrogens with two attached hydrogens (primary N) is 1. The van der Waals surface area contributed by atoms with E-state index < -0.39 is 10.0 Å². The first-order chi connectivity index (χ1) is 9.68. The molecule has 1 amide bonds. The number of carbonyl (C=O) groups excluding carboxylic acids is 1. The van der Waals surface area contributed by atoms with Crippen molar-refractivity contribution in [2.45, 2.75) is 25.7 Å². The predicted molar refractivity (Wildman–Crippen MR) is 78.7 cm³/mol. The summed E-state index contributed by atoms with van der Waals surface area (Å²) in [6.07, 6.45) is 1.34. The van der Waals surface area contributed by atoms with Crippen molar-refractivity contribution in [1.82, 2.24) is 0 Å². The molecular formula is C14H16N2O4S. The molecule has 0 radical (unpaired) electrons. The minimum Gasteiger partial charge on any atom is -0.469 e. The molecule has 0 aliphatic carbocycles. The SMILES string of the molecule is Cc1cc(C(=O)Nc2cc(S(N)(=O)=O)cc(C)c2C)co1. The summed E-state index contributed by atoms with van der Waals surface area (Å²) in [6, 6.07) is 4.42. The molecule has 0 saturated carbocycles. The van der Waals surface area contributed by atoms with Crippen molar-refractivity contribution in [2.75, 3.05) is 5.32 Å². The maximum absolute atomic E-state index is 12.1. The molecule has 112 valence electrons. The molecule has 0 aliphatic rings. The zero-order valence-electron chi connectivity index (χ0n) is 11.9. The van der Waals surface area contributed by atoms with Crippen molar-refractivity contribution in [3.63, 3.8) is 0 Å². The molecule has 21 heavy (non-hydrogen) atoms. The number of carbonyl (C=O) groups is 1. The first-order valence-electron chi connectivity index (χ1n) is 6.19. The molecule has 0 saturated heterocycles. The van der Waals surface area contributed by atoms with Crippen molar-refractivity contribution in [1.29, 1.82) is 0 Å². The Kier molecular flexibility index (Phi) is 3.89. The first-order valence-corrected chi connectivity index (χ1v) is 7.73. The number of aryl methyl sites for hydroxylation is 2. The lowest BCUT2D eigenvalue weighted by Gasteiger charge is -2.12. The molecule has 0 atom stereocenters. The van der Waals surface area contributed by atoms with Gasteiger partial charge in [0.05, 0.1) is 10.5 Å². The van der Waals surface area contributed by atoms with Gasteiger partial charge in [0.15, 0.2) is 0 Å². The summed E-state index contributed by atoms with van der Waals surface area (Å²) in [4.78, 5) is 12.1. The van der Waals surface area contributed by atoms with Gasteiger partial charge in [0.2, 0.25) is 10.0 Å². The largest absolute Gasteiger partial charge is 0.469 e. The Labute approximate surface area is 123 Å². The smallest absolute Gasteiger partial charge is 0.258 e. The van der Waals surface area contributed by atoms with E-state index in [1.807, 2.05) is 0 Å². The summed E-state index contributed by atoms with van der Waals surface area (Å²) < 4.78 is 28.0. The van der Waals surface area contributed by atoms with Crippen LogP contribution < -0.4 is 10.5 Å². The Morgan fingerprint density at radius 3 is 2.38 bits per heavy atom. The molecule has 0 unspecified atom stereocenters. The normalized spacial score (nSPS) is 11.4. The van der Waals surface area contributed by atoms with E-state index in [-0.39, 0.29) is 10.8 Å². The second-order valence-electron chi connectivity index (χ2n) is 4.86. The Balaban J connectivity index is 2.40. The van der Waals surface area contributed by atoms with Crippen LogP contribution in [0.3, 0.4) is 0 Å². The highest BCUT2D eigenvalue weighted by Crippen LogP contribution is 2.24. The minimum absolute atomic E-state index is 0.0377. The zero-order chi connectivity index (χ0) is 15.8. The summed E-state index contributed by atoms with van der Waals surface area (Å²) >= 11 is 0. The van der Waals surface area contributed by atoms with Crippen LogP contribution in [0.25, 0.3) is 0 Å². The van der Waals surface area contributed by atoms with E-state index in [4.69, 9.17) is 9.56 Å². The van der Waals surface area contributed by atoms with E-state index in [9.17, 15) is 13.2 Å². The van der Waals surface area contributed by atoms with Gasteiger partial charge in [-0.2, -0.15) is 0 Å². The average Bonchev–Trinajstić information content (AvgIpc) is 2.80. The number of primary sulfonamides is 1. The fraction of sp³-hybridized carbons (Fsp3) is 0.214. The van der Waals surface area contributed by atoms with Gasteiger partial charge in [0, 0.05) is 5.69 Å². The highest BCUT2D eigenvalue weighted by Gasteiger charge is 2.15. The first kappa shape index (κ1) is 15.3. The molecule has 1 aromatic heterocycles. The van der Waals surface area contributed by atoms with Crippen LogP contribution in [0.5, 0.6) is 0 Å². The summed E-state index contributed by atoms with van der Waals surface area (Å²) in [5.74, 6) is 0.243. The van der Waals surface area contributed by atoms with Gasteiger partial charge in [-0.25, -0.2) is 13.6 Å². The van der Waals surface area contributed by atoms with E-state index in [2.05, 4.69) is 5.32 Å².